The number of halogens is 1. The number of nitrogens with zero attached hydrogens (tertiary/aromatic N) is 3. The van der Waals surface area contributed by atoms with Crippen molar-refractivity contribution in [2.24, 2.45) is 0 Å². The van der Waals surface area contributed by atoms with Crippen LogP contribution in [0.2, 0.25) is 0 Å². The molecule has 2 N–H and O–H groups in total. The summed E-state index contributed by atoms with van der Waals surface area (Å²) in [6.45, 7) is 1.19. The van der Waals surface area contributed by atoms with Gasteiger partial charge < -0.3 is 15.2 Å². The number of aromatic nitrogens is 1. The predicted octanol–water partition coefficient (Wildman–Crippen LogP) is 0.966. The van der Waals surface area contributed by atoms with Crippen LogP contribution in [0.15, 0.2) is 41.1 Å². The molecule has 0 spiro atoms. The summed E-state index contributed by atoms with van der Waals surface area (Å²) in [5, 5.41) is 3.63. The van der Waals surface area contributed by atoms with Crippen molar-refractivity contribution in [1.82, 2.24) is 14.4 Å². The predicted molar refractivity (Wildman–Crippen MR) is 94.7 cm³/mol. The standard InChI is InChI=1S/C15H18N4O4S.ClH/c16-13-3-1-2-12(10-13)15(20)18-5-7-19(8-6-18)24(21,22)11-14-4-9-23-17-14;/h1-4,9-10H,5-8,11,16H2;1H. The third-order valence-electron chi connectivity index (χ3n) is 3.87. The number of carbonyl (C=O) groups is 1. The highest BCUT2D eigenvalue weighted by Crippen LogP contribution is 2.15. The van der Waals surface area contributed by atoms with Gasteiger partial charge in [-0.05, 0) is 18.2 Å². The second-order valence-electron chi connectivity index (χ2n) is 5.56. The highest BCUT2D eigenvalue weighted by molar-refractivity contribution is 7.88. The number of amides is 1. The van der Waals surface area contributed by atoms with Gasteiger partial charge >= 0.3 is 0 Å². The lowest BCUT2D eigenvalue weighted by Crippen LogP contribution is -2.50. The van der Waals surface area contributed by atoms with Crippen LogP contribution in [-0.2, 0) is 15.8 Å². The SMILES string of the molecule is Cl.Nc1cccc(C(=O)N2CCN(S(=O)(=O)Cc3ccon3)CC2)c1. The van der Waals surface area contributed by atoms with Crippen molar-refractivity contribution in [1.29, 1.82) is 0 Å². The number of rotatable bonds is 4. The molecule has 0 radical (unpaired) electrons. The Morgan fingerprint density at radius 1 is 1.20 bits per heavy atom. The summed E-state index contributed by atoms with van der Waals surface area (Å²) < 4.78 is 30.8. The fourth-order valence-corrected chi connectivity index (χ4v) is 4.04. The molecule has 3 rings (SSSR count). The molecule has 8 nitrogen and oxygen atoms in total. The zero-order chi connectivity index (χ0) is 17.2. The molecule has 1 amide bonds. The van der Waals surface area contributed by atoms with Gasteiger partial charge in [-0.2, -0.15) is 4.31 Å². The molecule has 0 unspecified atom stereocenters. The monoisotopic (exact) mass is 386 g/mol. The molecule has 0 saturated carbocycles. The largest absolute Gasteiger partial charge is 0.399 e. The average molecular weight is 387 g/mol. The maximum absolute atomic E-state index is 12.4. The van der Waals surface area contributed by atoms with Crippen molar-refractivity contribution < 1.29 is 17.7 Å². The van der Waals surface area contributed by atoms with E-state index in [9.17, 15) is 13.2 Å². The molecule has 1 aliphatic heterocycles. The third kappa shape index (κ3) is 4.50. The Balaban J connectivity index is 0.00000225. The fraction of sp³-hybridized carbons (Fsp3) is 0.333. The Bertz CT molecular complexity index is 818. The van der Waals surface area contributed by atoms with E-state index in [1.165, 1.54) is 16.6 Å². The first-order valence-electron chi connectivity index (χ1n) is 7.47. The smallest absolute Gasteiger partial charge is 0.254 e. The summed E-state index contributed by atoms with van der Waals surface area (Å²) in [4.78, 5) is 14.1. The number of nitrogen functional groups attached to an aromatic ring is 1. The quantitative estimate of drug-likeness (QED) is 0.784. The lowest BCUT2D eigenvalue weighted by Gasteiger charge is -2.34. The molecular weight excluding hydrogens is 368 g/mol. The molecule has 2 aromatic rings. The van der Waals surface area contributed by atoms with E-state index in [4.69, 9.17) is 5.73 Å². The summed E-state index contributed by atoms with van der Waals surface area (Å²) in [7, 11) is -3.47. The molecule has 1 saturated heterocycles. The molecule has 25 heavy (non-hydrogen) atoms. The van der Waals surface area contributed by atoms with Crippen LogP contribution in [-0.4, -0.2) is 54.9 Å². The molecule has 1 fully saturated rings. The van der Waals surface area contributed by atoms with Crippen LogP contribution >= 0.6 is 12.4 Å². The van der Waals surface area contributed by atoms with E-state index in [1.54, 1.807) is 29.2 Å². The first-order valence-corrected chi connectivity index (χ1v) is 9.08. The highest BCUT2D eigenvalue weighted by atomic mass is 35.5. The van der Waals surface area contributed by atoms with E-state index >= 15 is 0 Å². The maximum atomic E-state index is 12.4. The van der Waals surface area contributed by atoms with Gasteiger partial charge in [-0.3, -0.25) is 4.79 Å². The van der Waals surface area contributed by atoms with E-state index < -0.39 is 10.0 Å². The van der Waals surface area contributed by atoms with E-state index in [1.807, 2.05) is 0 Å². The Kier molecular flexibility index (Phi) is 6.04. The van der Waals surface area contributed by atoms with E-state index in [2.05, 4.69) is 9.68 Å². The van der Waals surface area contributed by atoms with Gasteiger partial charge in [-0.25, -0.2) is 8.42 Å². The Morgan fingerprint density at radius 2 is 1.92 bits per heavy atom. The number of sulfonamides is 1. The zero-order valence-corrected chi connectivity index (χ0v) is 15.0. The van der Waals surface area contributed by atoms with Crippen LogP contribution in [0.1, 0.15) is 16.1 Å². The van der Waals surface area contributed by atoms with Gasteiger partial charge in [0.1, 0.15) is 12.0 Å². The minimum absolute atomic E-state index is 0. The molecule has 0 bridgehead atoms. The number of nitrogens with two attached hydrogens (primary N) is 1. The van der Waals surface area contributed by atoms with Gasteiger partial charge in [-0.15, -0.1) is 12.4 Å². The van der Waals surface area contributed by atoms with Gasteiger partial charge in [0.2, 0.25) is 10.0 Å². The molecule has 2 heterocycles. The fourth-order valence-electron chi connectivity index (χ4n) is 2.61. The molecule has 0 atom stereocenters. The lowest BCUT2D eigenvalue weighted by atomic mass is 10.1. The Morgan fingerprint density at radius 3 is 2.52 bits per heavy atom. The molecule has 1 aliphatic rings. The summed E-state index contributed by atoms with van der Waals surface area (Å²) in [5.41, 5.74) is 7.10. The van der Waals surface area contributed by atoms with Crippen molar-refractivity contribution in [2.75, 3.05) is 31.9 Å². The number of anilines is 1. The Hall–Kier alpha value is -2.10. The van der Waals surface area contributed by atoms with Gasteiger partial charge in [0.05, 0.1) is 5.69 Å². The second kappa shape index (κ2) is 7.85. The van der Waals surface area contributed by atoms with Gasteiger partial charge in [0, 0.05) is 43.5 Å². The summed E-state index contributed by atoms with van der Waals surface area (Å²) >= 11 is 0. The Labute approximate surface area is 152 Å². The van der Waals surface area contributed by atoms with E-state index in [-0.39, 0.29) is 37.2 Å². The van der Waals surface area contributed by atoms with E-state index in [0.29, 0.717) is 30.0 Å². The number of carbonyl (C=O) groups excluding carboxylic acids is 1. The summed E-state index contributed by atoms with van der Waals surface area (Å²) in [6, 6.07) is 8.28. The van der Waals surface area contributed by atoms with Crippen LogP contribution in [0.4, 0.5) is 5.69 Å². The average Bonchev–Trinajstić information content (AvgIpc) is 3.06. The highest BCUT2D eigenvalue weighted by Gasteiger charge is 2.29. The number of benzene rings is 1. The second-order valence-corrected chi connectivity index (χ2v) is 7.53. The van der Waals surface area contributed by atoms with Crippen LogP contribution in [0.5, 0.6) is 0 Å². The lowest BCUT2D eigenvalue weighted by molar-refractivity contribution is 0.0698. The van der Waals surface area contributed by atoms with Crippen LogP contribution in [0.3, 0.4) is 0 Å². The maximum Gasteiger partial charge on any atom is 0.254 e. The summed E-state index contributed by atoms with van der Waals surface area (Å²) in [6.07, 6.45) is 1.34. The minimum atomic E-state index is -3.47. The van der Waals surface area contributed by atoms with Gasteiger partial charge in [0.15, 0.2) is 0 Å². The summed E-state index contributed by atoms with van der Waals surface area (Å²) in [5.74, 6) is -0.344. The van der Waals surface area contributed by atoms with Crippen molar-refractivity contribution in [3.05, 3.63) is 47.9 Å². The number of hydrogen-bond acceptors (Lipinski definition) is 6. The normalized spacial score (nSPS) is 15.6. The zero-order valence-electron chi connectivity index (χ0n) is 13.4. The first kappa shape index (κ1) is 19.2. The number of piperazine rings is 1. The van der Waals surface area contributed by atoms with Gasteiger partial charge in [0.25, 0.3) is 5.91 Å². The molecule has 0 aliphatic carbocycles. The third-order valence-corrected chi connectivity index (χ3v) is 5.69. The van der Waals surface area contributed by atoms with E-state index in [0.717, 1.165) is 0 Å². The first-order chi connectivity index (χ1) is 11.5. The number of hydrogen-bond donors (Lipinski definition) is 1. The van der Waals surface area contributed by atoms with Crippen LogP contribution in [0.25, 0.3) is 0 Å². The molecule has 1 aromatic heterocycles. The van der Waals surface area contributed by atoms with Crippen molar-refractivity contribution >= 4 is 34.0 Å². The topological polar surface area (TPSA) is 110 Å². The van der Waals surface area contributed by atoms with Gasteiger partial charge in [-0.1, -0.05) is 11.2 Å². The van der Waals surface area contributed by atoms with Crippen molar-refractivity contribution in [3.63, 3.8) is 0 Å². The molecule has 136 valence electrons. The van der Waals surface area contributed by atoms with Crippen molar-refractivity contribution in [2.45, 2.75) is 5.75 Å². The minimum Gasteiger partial charge on any atom is -0.399 e. The van der Waals surface area contributed by atoms with Crippen molar-refractivity contribution in [3.8, 4) is 0 Å². The molecule has 10 heteroatoms. The molecule has 1 aromatic carbocycles. The molecular formula is C15H19ClN4O4S. The van der Waals surface area contributed by atoms with Crippen LogP contribution < -0.4 is 5.73 Å². The van der Waals surface area contributed by atoms with Crippen LogP contribution in [0, 0.1) is 0 Å².